The Morgan fingerprint density at radius 2 is 1.85 bits per heavy atom. The van der Waals surface area contributed by atoms with Crippen molar-refractivity contribution in [3.63, 3.8) is 0 Å². The van der Waals surface area contributed by atoms with Crippen molar-refractivity contribution < 1.29 is 0 Å². The van der Waals surface area contributed by atoms with E-state index in [0.717, 1.165) is 5.56 Å². The predicted octanol–water partition coefficient (Wildman–Crippen LogP) is 1.78. The van der Waals surface area contributed by atoms with Crippen molar-refractivity contribution in [2.45, 2.75) is 0 Å². The number of nitrogen functional groups attached to an aromatic ring is 1. The first kappa shape index (κ1) is 9.61. The maximum atomic E-state index is 7.23. The molecule has 0 saturated heterocycles. The van der Waals surface area contributed by atoms with Gasteiger partial charge in [0.25, 0.3) is 0 Å². The molecular weight excluding hydrogens is 186 g/mol. The summed E-state index contributed by atoms with van der Waals surface area (Å²) >= 11 is 5.52. The first-order chi connectivity index (χ1) is 6.15. The molecule has 0 amide bonds. The number of nitrogens with one attached hydrogen (secondary N) is 1. The van der Waals surface area contributed by atoms with Gasteiger partial charge in [-0.3, -0.25) is 5.41 Å². The summed E-state index contributed by atoms with van der Waals surface area (Å²) < 4.78 is 0. The van der Waals surface area contributed by atoms with Gasteiger partial charge in [-0.2, -0.15) is 0 Å². The Labute approximate surface area is 81.5 Å². The average Bonchev–Trinajstić information content (AvgIpc) is 2.09. The summed E-state index contributed by atoms with van der Waals surface area (Å²) in [6.45, 7) is 0. The first-order valence-electron chi connectivity index (χ1n) is 3.67. The van der Waals surface area contributed by atoms with Crippen LogP contribution in [0.2, 0.25) is 0 Å². The van der Waals surface area contributed by atoms with Gasteiger partial charge in [0.05, 0.1) is 0 Å². The molecule has 0 aliphatic carbocycles. The number of benzene rings is 1. The van der Waals surface area contributed by atoms with E-state index in [0.29, 0.717) is 11.3 Å². The summed E-state index contributed by atoms with van der Waals surface area (Å²) in [5.41, 5.74) is 12.8. The lowest BCUT2D eigenvalue weighted by Crippen LogP contribution is -1.96. The highest BCUT2D eigenvalue weighted by atomic mass is 35.5. The van der Waals surface area contributed by atoms with Crippen LogP contribution in [0.5, 0.6) is 0 Å². The number of nitrogens with two attached hydrogens (primary N) is 2. The number of hydrogen-bond donors (Lipinski definition) is 3. The molecule has 5 N–H and O–H groups in total. The zero-order chi connectivity index (χ0) is 9.84. The van der Waals surface area contributed by atoms with Crippen LogP contribution < -0.4 is 11.5 Å². The minimum atomic E-state index is -0.0766. The zero-order valence-electron chi connectivity index (χ0n) is 6.92. The predicted molar refractivity (Wildman–Crippen MR) is 56.6 cm³/mol. The molecule has 0 saturated carbocycles. The molecule has 0 aliphatic rings. The van der Waals surface area contributed by atoms with E-state index in [9.17, 15) is 0 Å². The Balaban J connectivity index is 3.07. The van der Waals surface area contributed by atoms with E-state index in [4.69, 9.17) is 28.5 Å². The number of rotatable bonds is 2. The van der Waals surface area contributed by atoms with Gasteiger partial charge in [-0.15, -0.1) is 0 Å². The van der Waals surface area contributed by atoms with Crippen LogP contribution in [0.1, 0.15) is 5.56 Å². The van der Waals surface area contributed by atoms with Crippen molar-refractivity contribution in [3.05, 3.63) is 36.0 Å². The second-order valence-electron chi connectivity index (χ2n) is 2.52. The number of anilines is 1. The minimum absolute atomic E-state index is 0.0766. The van der Waals surface area contributed by atoms with E-state index in [1.165, 1.54) is 6.20 Å². The summed E-state index contributed by atoms with van der Waals surface area (Å²) in [7, 11) is 0. The molecule has 1 aromatic rings. The number of hydrogen-bond acceptors (Lipinski definition) is 3. The van der Waals surface area contributed by atoms with Crippen molar-refractivity contribution in [1.29, 1.82) is 5.41 Å². The Morgan fingerprint density at radius 3 is 2.23 bits per heavy atom. The van der Waals surface area contributed by atoms with Crippen molar-refractivity contribution in [3.8, 4) is 0 Å². The van der Waals surface area contributed by atoms with Crippen molar-refractivity contribution in [2.75, 3.05) is 5.73 Å². The molecule has 68 valence electrons. The van der Waals surface area contributed by atoms with E-state index in [-0.39, 0.29) is 5.17 Å². The topological polar surface area (TPSA) is 75.9 Å². The van der Waals surface area contributed by atoms with Crippen LogP contribution in [0.4, 0.5) is 5.69 Å². The summed E-state index contributed by atoms with van der Waals surface area (Å²) in [5, 5.41) is 7.15. The molecule has 0 heterocycles. The van der Waals surface area contributed by atoms with Crippen molar-refractivity contribution >= 4 is 28.0 Å². The fourth-order valence-electron chi connectivity index (χ4n) is 0.959. The lowest BCUT2D eigenvalue weighted by molar-refractivity contribution is 1.52. The smallest absolute Gasteiger partial charge is 0.130 e. The third-order valence-corrected chi connectivity index (χ3v) is 1.83. The number of halogens is 1. The molecule has 0 aliphatic heterocycles. The summed E-state index contributed by atoms with van der Waals surface area (Å²) in [5.74, 6) is 0. The maximum Gasteiger partial charge on any atom is 0.130 e. The monoisotopic (exact) mass is 195 g/mol. The van der Waals surface area contributed by atoms with Crippen LogP contribution in [0.3, 0.4) is 0 Å². The largest absolute Gasteiger partial charge is 0.404 e. The van der Waals surface area contributed by atoms with Gasteiger partial charge in [0, 0.05) is 17.5 Å². The van der Waals surface area contributed by atoms with Crippen LogP contribution in [0.25, 0.3) is 5.57 Å². The Morgan fingerprint density at radius 1 is 1.31 bits per heavy atom. The van der Waals surface area contributed by atoms with Gasteiger partial charge in [0.1, 0.15) is 5.17 Å². The summed E-state index contributed by atoms with van der Waals surface area (Å²) in [6.07, 6.45) is 1.31. The van der Waals surface area contributed by atoms with Gasteiger partial charge < -0.3 is 11.5 Å². The molecule has 1 rings (SSSR count). The average molecular weight is 196 g/mol. The molecule has 0 aromatic heterocycles. The highest BCUT2D eigenvalue weighted by molar-refractivity contribution is 6.75. The molecule has 4 heteroatoms. The molecule has 1 aromatic carbocycles. The Hall–Kier alpha value is -1.48. The standard InChI is InChI=1S/C9H10ClN3/c10-9(13)8(5-11)6-1-3-7(12)4-2-6/h1-5,13H,11-12H2/b8-5-,13-9?. The third kappa shape index (κ3) is 2.23. The van der Waals surface area contributed by atoms with Crippen molar-refractivity contribution in [1.82, 2.24) is 0 Å². The van der Waals surface area contributed by atoms with Gasteiger partial charge in [0.15, 0.2) is 0 Å². The molecule has 0 radical (unpaired) electrons. The normalized spacial score (nSPS) is 11.3. The fourth-order valence-corrected chi connectivity index (χ4v) is 1.13. The molecule has 3 nitrogen and oxygen atoms in total. The molecule has 0 unspecified atom stereocenters. The SMILES string of the molecule is N=C(Cl)/C(=C\N)c1ccc(N)cc1. The fraction of sp³-hybridized carbons (Fsp3) is 0. The molecule has 0 bridgehead atoms. The Bertz CT molecular complexity index is 340. The van der Waals surface area contributed by atoms with Gasteiger partial charge in [0.2, 0.25) is 0 Å². The van der Waals surface area contributed by atoms with Gasteiger partial charge in [-0.25, -0.2) is 0 Å². The van der Waals surface area contributed by atoms with E-state index in [1.807, 2.05) is 0 Å². The van der Waals surface area contributed by atoms with E-state index in [2.05, 4.69) is 0 Å². The molecule has 0 fully saturated rings. The first-order valence-corrected chi connectivity index (χ1v) is 4.05. The van der Waals surface area contributed by atoms with Crippen LogP contribution >= 0.6 is 11.6 Å². The van der Waals surface area contributed by atoms with Gasteiger partial charge >= 0.3 is 0 Å². The van der Waals surface area contributed by atoms with E-state index < -0.39 is 0 Å². The minimum Gasteiger partial charge on any atom is -0.404 e. The van der Waals surface area contributed by atoms with Gasteiger partial charge in [-0.05, 0) is 17.7 Å². The molecule has 13 heavy (non-hydrogen) atoms. The summed E-state index contributed by atoms with van der Waals surface area (Å²) in [6, 6.07) is 7.01. The molecule has 0 atom stereocenters. The Kier molecular flexibility index (Phi) is 2.93. The van der Waals surface area contributed by atoms with Crippen molar-refractivity contribution in [2.24, 2.45) is 5.73 Å². The van der Waals surface area contributed by atoms with Crippen LogP contribution in [-0.4, -0.2) is 5.17 Å². The second kappa shape index (κ2) is 3.96. The van der Waals surface area contributed by atoms with Crippen LogP contribution in [-0.2, 0) is 0 Å². The van der Waals surface area contributed by atoms with E-state index in [1.54, 1.807) is 24.3 Å². The lowest BCUT2D eigenvalue weighted by atomic mass is 10.1. The number of allylic oxidation sites excluding steroid dienone is 1. The lowest BCUT2D eigenvalue weighted by Gasteiger charge is -2.03. The van der Waals surface area contributed by atoms with E-state index >= 15 is 0 Å². The highest BCUT2D eigenvalue weighted by Crippen LogP contribution is 2.17. The maximum absolute atomic E-state index is 7.23. The molecular formula is C9H10ClN3. The van der Waals surface area contributed by atoms with Gasteiger partial charge in [-0.1, -0.05) is 23.7 Å². The highest BCUT2D eigenvalue weighted by Gasteiger charge is 2.03. The van der Waals surface area contributed by atoms with Crippen LogP contribution in [0, 0.1) is 5.41 Å². The van der Waals surface area contributed by atoms with Crippen LogP contribution in [0.15, 0.2) is 30.5 Å². The quantitative estimate of drug-likeness (QED) is 0.497. The summed E-state index contributed by atoms with van der Waals surface area (Å²) in [4.78, 5) is 0. The second-order valence-corrected chi connectivity index (χ2v) is 2.89. The molecule has 0 spiro atoms. The zero-order valence-corrected chi connectivity index (χ0v) is 7.68. The third-order valence-electron chi connectivity index (χ3n) is 1.62.